The monoisotopic (exact) mass is 210 g/mol. The first-order chi connectivity index (χ1) is 5.99. The maximum absolute atomic E-state index is 11.7. The molecule has 13 heavy (non-hydrogen) atoms. The molecule has 0 heterocycles. The van der Waals surface area contributed by atoms with Crippen LogP contribution >= 0.6 is 0 Å². The molecular formula is C9H14O2Si2. The minimum atomic E-state index is -2.01. The Morgan fingerprint density at radius 2 is 1.69 bits per heavy atom. The maximum atomic E-state index is 11.7. The molecule has 2 nitrogen and oxygen atoms in total. The van der Waals surface area contributed by atoms with E-state index in [1.54, 1.807) is 0 Å². The van der Waals surface area contributed by atoms with Crippen LogP contribution < -0.4 is 5.19 Å². The molecule has 1 aromatic rings. The van der Waals surface area contributed by atoms with Gasteiger partial charge in [-0.1, -0.05) is 30.3 Å². The molecule has 0 aliphatic heterocycles. The molecule has 0 bridgehead atoms. The summed E-state index contributed by atoms with van der Waals surface area (Å²) in [4.78, 5) is 0. The third-order valence-corrected chi connectivity index (χ3v) is 5.40. The summed E-state index contributed by atoms with van der Waals surface area (Å²) >= 11 is 0. The van der Waals surface area contributed by atoms with Gasteiger partial charge in [0.25, 0.3) is 0 Å². The lowest BCUT2D eigenvalue weighted by Gasteiger charge is -2.17. The van der Waals surface area contributed by atoms with Gasteiger partial charge in [0.1, 0.15) is 0 Å². The van der Waals surface area contributed by atoms with Crippen LogP contribution in [0.15, 0.2) is 30.3 Å². The third-order valence-electron chi connectivity index (χ3n) is 1.41. The van der Waals surface area contributed by atoms with Gasteiger partial charge in [-0.15, -0.1) is 0 Å². The average molecular weight is 210 g/mol. The van der Waals surface area contributed by atoms with Crippen LogP contribution in [-0.4, -0.2) is 17.2 Å². The van der Waals surface area contributed by atoms with Crippen molar-refractivity contribution in [1.29, 1.82) is 0 Å². The lowest BCUT2D eigenvalue weighted by atomic mass is 10.4. The largest absolute Gasteiger partial charge is 0.576 e. The maximum Gasteiger partial charge on any atom is 0.525 e. The third kappa shape index (κ3) is 3.65. The molecule has 0 saturated carbocycles. The first-order valence-corrected chi connectivity index (χ1v) is 9.00. The van der Waals surface area contributed by atoms with Crippen LogP contribution in [-0.2, 0) is 8.58 Å². The van der Waals surface area contributed by atoms with E-state index in [0.29, 0.717) is 0 Å². The zero-order chi connectivity index (χ0) is 9.90. The minimum Gasteiger partial charge on any atom is -0.576 e. The number of hydrogen-bond donors (Lipinski definition) is 0. The van der Waals surface area contributed by atoms with Gasteiger partial charge in [0, 0.05) is 5.19 Å². The van der Waals surface area contributed by atoms with E-state index in [1.165, 1.54) is 0 Å². The van der Waals surface area contributed by atoms with E-state index in [9.17, 15) is 4.46 Å². The van der Waals surface area contributed by atoms with Crippen molar-refractivity contribution in [2.75, 3.05) is 0 Å². The summed E-state index contributed by atoms with van der Waals surface area (Å²) in [5, 5.41) is 0.815. The van der Waals surface area contributed by atoms with Crippen LogP contribution in [0, 0.1) is 0 Å². The molecule has 1 rings (SSSR count). The first-order valence-electron chi connectivity index (χ1n) is 4.27. The van der Waals surface area contributed by atoms with Crippen LogP contribution in [0.5, 0.6) is 0 Å². The molecule has 1 aromatic carbocycles. The SMILES string of the molecule is C[Si](C)(C)O[Si](=O)c1ccccc1. The Balaban J connectivity index is 2.71. The fourth-order valence-corrected chi connectivity index (χ4v) is 4.07. The van der Waals surface area contributed by atoms with Gasteiger partial charge in [-0.2, -0.15) is 0 Å². The van der Waals surface area contributed by atoms with Crippen molar-refractivity contribution in [1.82, 2.24) is 0 Å². The van der Waals surface area contributed by atoms with E-state index >= 15 is 0 Å². The molecule has 0 N–H and O–H groups in total. The highest BCUT2D eigenvalue weighted by molar-refractivity contribution is 6.77. The zero-order valence-electron chi connectivity index (χ0n) is 8.20. The molecule has 0 aliphatic rings. The number of hydrogen-bond acceptors (Lipinski definition) is 2. The standard InChI is InChI=1S/C9H14O2Si2/c1-13(2,3)11-12(10)9-7-5-4-6-8-9/h4-8H,1-3H3. The van der Waals surface area contributed by atoms with E-state index in [1.807, 2.05) is 50.0 Å². The fraction of sp³-hybridized carbons (Fsp3) is 0.333. The molecule has 0 atom stereocenters. The Morgan fingerprint density at radius 3 is 2.15 bits per heavy atom. The Labute approximate surface area is 81.5 Å². The highest BCUT2D eigenvalue weighted by atomic mass is 28.4. The van der Waals surface area contributed by atoms with Crippen molar-refractivity contribution in [3.63, 3.8) is 0 Å². The average Bonchev–Trinajstić information content (AvgIpc) is 2.03. The molecule has 0 aliphatic carbocycles. The summed E-state index contributed by atoms with van der Waals surface area (Å²) < 4.78 is 17.2. The van der Waals surface area contributed by atoms with Crippen molar-refractivity contribution in [2.24, 2.45) is 0 Å². The quantitative estimate of drug-likeness (QED) is 0.709. The van der Waals surface area contributed by atoms with Gasteiger partial charge in [-0.25, -0.2) is 0 Å². The predicted octanol–water partition coefficient (Wildman–Crippen LogP) is 1.66. The lowest BCUT2D eigenvalue weighted by molar-refractivity contribution is 0.465. The topological polar surface area (TPSA) is 26.3 Å². The molecule has 0 saturated heterocycles. The molecule has 0 unspecified atom stereocenters. The summed E-state index contributed by atoms with van der Waals surface area (Å²) in [5.74, 6) is 0. The second kappa shape index (κ2) is 3.97. The molecule has 0 radical (unpaired) electrons. The van der Waals surface area contributed by atoms with Gasteiger partial charge < -0.3 is 8.58 Å². The van der Waals surface area contributed by atoms with Gasteiger partial charge in [0.05, 0.1) is 0 Å². The van der Waals surface area contributed by atoms with Crippen molar-refractivity contribution in [3.05, 3.63) is 30.3 Å². The summed E-state index contributed by atoms with van der Waals surface area (Å²) in [6.07, 6.45) is 0. The highest BCUT2D eigenvalue weighted by Gasteiger charge is 2.22. The van der Waals surface area contributed by atoms with Crippen LogP contribution in [0.3, 0.4) is 0 Å². The number of rotatable bonds is 3. The van der Waals surface area contributed by atoms with Crippen LogP contribution in [0.2, 0.25) is 19.6 Å². The van der Waals surface area contributed by atoms with E-state index < -0.39 is 17.2 Å². The summed E-state index contributed by atoms with van der Waals surface area (Å²) in [7, 11) is -3.68. The summed E-state index contributed by atoms with van der Waals surface area (Å²) in [5.41, 5.74) is 0. The molecule has 0 fully saturated rings. The summed E-state index contributed by atoms with van der Waals surface area (Å²) in [6, 6.07) is 9.37. The highest BCUT2D eigenvalue weighted by Crippen LogP contribution is 2.01. The van der Waals surface area contributed by atoms with Crippen molar-refractivity contribution < 1.29 is 8.58 Å². The predicted molar refractivity (Wildman–Crippen MR) is 56.9 cm³/mol. The molecular weight excluding hydrogens is 196 g/mol. The van der Waals surface area contributed by atoms with Gasteiger partial charge in [0.15, 0.2) is 0 Å². The van der Waals surface area contributed by atoms with Crippen molar-refractivity contribution in [3.8, 4) is 0 Å². The zero-order valence-corrected chi connectivity index (χ0v) is 10.2. The summed E-state index contributed by atoms with van der Waals surface area (Å²) in [6.45, 7) is 6.12. The molecule has 0 spiro atoms. The van der Waals surface area contributed by atoms with Gasteiger partial charge >= 0.3 is 8.93 Å². The smallest absolute Gasteiger partial charge is 0.525 e. The molecule has 70 valence electrons. The molecule has 0 aromatic heterocycles. The normalized spacial score (nSPS) is 11.0. The van der Waals surface area contributed by atoms with E-state index in [4.69, 9.17) is 4.12 Å². The van der Waals surface area contributed by atoms with Gasteiger partial charge in [-0.05, 0) is 19.6 Å². The second-order valence-electron chi connectivity index (χ2n) is 3.87. The van der Waals surface area contributed by atoms with Gasteiger partial charge in [-0.3, -0.25) is 0 Å². The van der Waals surface area contributed by atoms with E-state index in [-0.39, 0.29) is 0 Å². The molecule has 4 heteroatoms. The van der Waals surface area contributed by atoms with Gasteiger partial charge in [0.2, 0.25) is 8.32 Å². The van der Waals surface area contributed by atoms with E-state index in [0.717, 1.165) is 5.19 Å². The Bertz CT molecular complexity index is 290. The van der Waals surface area contributed by atoms with Crippen LogP contribution in [0.25, 0.3) is 0 Å². The number of benzene rings is 1. The minimum absolute atomic E-state index is 0.815. The van der Waals surface area contributed by atoms with Crippen LogP contribution in [0.4, 0.5) is 0 Å². The lowest BCUT2D eigenvalue weighted by Crippen LogP contribution is -2.36. The Morgan fingerprint density at radius 1 is 1.15 bits per heavy atom. The second-order valence-corrected chi connectivity index (χ2v) is 10.1. The Kier molecular flexibility index (Phi) is 3.16. The van der Waals surface area contributed by atoms with Crippen molar-refractivity contribution in [2.45, 2.75) is 19.6 Å². The van der Waals surface area contributed by atoms with Crippen LogP contribution in [0.1, 0.15) is 0 Å². The fourth-order valence-electron chi connectivity index (χ4n) is 0.911. The molecule has 0 amide bonds. The van der Waals surface area contributed by atoms with E-state index in [2.05, 4.69) is 0 Å². The van der Waals surface area contributed by atoms with Crippen molar-refractivity contribution >= 4 is 22.4 Å². The first kappa shape index (κ1) is 10.3. The Hall–Kier alpha value is -0.746.